The second-order valence-electron chi connectivity index (χ2n) is 7.86. The summed E-state index contributed by atoms with van der Waals surface area (Å²) >= 11 is 1.68. The molecule has 0 atom stereocenters. The van der Waals surface area contributed by atoms with Crippen molar-refractivity contribution in [3.05, 3.63) is 54.2 Å². The van der Waals surface area contributed by atoms with Crippen molar-refractivity contribution in [2.75, 3.05) is 13.1 Å². The number of carbonyl (C=O) groups is 2. The van der Waals surface area contributed by atoms with E-state index in [4.69, 9.17) is 5.11 Å². The molecule has 7 heteroatoms. The van der Waals surface area contributed by atoms with Gasteiger partial charge in [-0.2, -0.15) is 0 Å². The van der Waals surface area contributed by atoms with Gasteiger partial charge in [-0.1, -0.05) is 18.2 Å². The van der Waals surface area contributed by atoms with Gasteiger partial charge in [-0.05, 0) is 67.2 Å². The quantitative estimate of drug-likeness (QED) is 0.533. The highest BCUT2D eigenvalue weighted by Gasteiger charge is 2.22. The summed E-state index contributed by atoms with van der Waals surface area (Å²) in [6.45, 7) is 1.17. The Bertz CT molecular complexity index is 1010. The van der Waals surface area contributed by atoms with Crippen molar-refractivity contribution < 1.29 is 14.7 Å². The molecule has 0 spiro atoms. The van der Waals surface area contributed by atoms with Gasteiger partial charge in [0.2, 0.25) is 0 Å². The molecule has 2 amide bonds. The maximum atomic E-state index is 12.7. The molecule has 3 aromatic rings. The number of pyridine rings is 1. The smallest absolute Gasteiger partial charge is 0.404 e. The molecule has 1 aliphatic rings. The molecule has 0 unspecified atom stereocenters. The predicted octanol–water partition coefficient (Wildman–Crippen LogP) is 4.77. The van der Waals surface area contributed by atoms with E-state index in [1.165, 1.54) is 10.1 Å². The van der Waals surface area contributed by atoms with Gasteiger partial charge in [0.05, 0.1) is 10.6 Å². The summed E-state index contributed by atoms with van der Waals surface area (Å²) in [6, 6.07) is 13.9. The molecule has 0 bridgehead atoms. The molecule has 1 fully saturated rings. The van der Waals surface area contributed by atoms with Gasteiger partial charge < -0.3 is 15.7 Å². The molecule has 1 aliphatic carbocycles. The summed E-state index contributed by atoms with van der Waals surface area (Å²) in [5, 5.41) is 15.4. The average Bonchev–Trinajstić information content (AvgIpc) is 3.21. The molecule has 2 heterocycles. The molecule has 0 aliphatic heterocycles. The monoisotopic (exact) mass is 423 g/mol. The molecular weight excluding hydrogens is 398 g/mol. The van der Waals surface area contributed by atoms with Crippen LogP contribution in [0, 0.1) is 11.8 Å². The summed E-state index contributed by atoms with van der Waals surface area (Å²) in [5.74, 6) is 0.769. The van der Waals surface area contributed by atoms with E-state index in [9.17, 15) is 9.59 Å². The maximum Gasteiger partial charge on any atom is 0.404 e. The van der Waals surface area contributed by atoms with Gasteiger partial charge in [0, 0.05) is 29.5 Å². The van der Waals surface area contributed by atoms with Crippen molar-refractivity contribution >= 4 is 33.4 Å². The van der Waals surface area contributed by atoms with E-state index in [0.29, 0.717) is 30.5 Å². The molecule has 0 saturated heterocycles. The first-order chi connectivity index (χ1) is 14.6. The molecule has 4 rings (SSSR count). The first kappa shape index (κ1) is 20.3. The van der Waals surface area contributed by atoms with Crippen LogP contribution in [0.5, 0.6) is 0 Å². The van der Waals surface area contributed by atoms with Crippen LogP contribution in [0.2, 0.25) is 0 Å². The number of rotatable bonds is 6. The fourth-order valence-electron chi connectivity index (χ4n) is 4.03. The molecule has 3 N–H and O–H groups in total. The average molecular weight is 424 g/mol. The van der Waals surface area contributed by atoms with Crippen LogP contribution < -0.4 is 10.6 Å². The Hall–Kier alpha value is -2.93. The first-order valence-corrected chi connectivity index (χ1v) is 11.1. The molecular formula is C23H25N3O3S. The van der Waals surface area contributed by atoms with E-state index >= 15 is 0 Å². The number of nitrogens with one attached hydrogen (secondary N) is 2. The Morgan fingerprint density at radius 1 is 1.00 bits per heavy atom. The lowest BCUT2D eigenvalue weighted by atomic mass is 9.82. The molecule has 156 valence electrons. The van der Waals surface area contributed by atoms with Gasteiger partial charge >= 0.3 is 6.09 Å². The Morgan fingerprint density at radius 2 is 1.70 bits per heavy atom. The van der Waals surface area contributed by atoms with Gasteiger partial charge in [-0.15, -0.1) is 11.3 Å². The van der Waals surface area contributed by atoms with Crippen molar-refractivity contribution in [2.45, 2.75) is 25.7 Å². The number of benzene rings is 1. The SMILES string of the molecule is O=C(O)NCC1CCC(CNC(=O)c2ccnc(-c3cc4ccccc4s3)c2)CC1. The van der Waals surface area contributed by atoms with Crippen LogP contribution >= 0.6 is 11.3 Å². The number of hydrogen-bond donors (Lipinski definition) is 3. The highest BCUT2D eigenvalue weighted by molar-refractivity contribution is 7.22. The normalized spacial score (nSPS) is 18.8. The fourth-order valence-corrected chi connectivity index (χ4v) is 5.06. The third kappa shape index (κ3) is 4.97. The zero-order chi connectivity index (χ0) is 20.9. The van der Waals surface area contributed by atoms with E-state index in [-0.39, 0.29) is 5.91 Å². The molecule has 1 saturated carbocycles. The Balaban J connectivity index is 1.32. The third-order valence-electron chi connectivity index (χ3n) is 5.76. The van der Waals surface area contributed by atoms with Gasteiger partial charge in [0.15, 0.2) is 0 Å². The van der Waals surface area contributed by atoms with Gasteiger partial charge in [-0.25, -0.2) is 4.79 Å². The number of carbonyl (C=O) groups excluding carboxylic acids is 1. The molecule has 2 aromatic heterocycles. The van der Waals surface area contributed by atoms with Crippen LogP contribution in [0.1, 0.15) is 36.0 Å². The minimum absolute atomic E-state index is 0.0746. The van der Waals surface area contributed by atoms with Gasteiger partial charge in [0.1, 0.15) is 0 Å². The van der Waals surface area contributed by atoms with E-state index < -0.39 is 6.09 Å². The topological polar surface area (TPSA) is 91.3 Å². The van der Waals surface area contributed by atoms with Crippen LogP contribution in [0.25, 0.3) is 20.7 Å². The van der Waals surface area contributed by atoms with Gasteiger partial charge in [0.25, 0.3) is 5.91 Å². The van der Waals surface area contributed by atoms with E-state index in [0.717, 1.165) is 36.3 Å². The zero-order valence-electron chi connectivity index (χ0n) is 16.6. The molecule has 6 nitrogen and oxygen atoms in total. The van der Waals surface area contributed by atoms with Crippen LogP contribution in [0.4, 0.5) is 4.79 Å². The first-order valence-electron chi connectivity index (χ1n) is 10.3. The maximum absolute atomic E-state index is 12.7. The highest BCUT2D eigenvalue weighted by Crippen LogP contribution is 2.32. The number of hydrogen-bond acceptors (Lipinski definition) is 4. The van der Waals surface area contributed by atoms with Gasteiger partial charge in [-0.3, -0.25) is 9.78 Å². The van der Waals surface area contributed by atoms with Crippen molar-refractivity contribution in [1.29, 1.82) is 0 Å². The second kappa shape index (κ2) is 9.26. The lowest BCUT2D eigenvalue weighted by molar-refractivity contribution is 0.0940. The van der Waals surface area contributed by atoms with Crippen molar-refractivity contribution in [2.24, 2.45) is 11.8 Å². The Labute approximate surface area is 179 Å². The summed E-state index contributed by atoms with van der Waals surface area (Å²) in [4.78, 5) is 28.8. The number of nitrogens with zero attached hydrogens (tertiary/aromatic N) is 1. The van der Waals surface area contributed by atoms with Crippen molar-refractivity contribution in [3.63, 3.8) is 0 Å². The van der Waals surface area contributed by atoms with E-state index in [2.05, 4.69) is 33.8 Å². The van der Waals surface area contributed by atoms with E-state index in [1.54, 1.807) is 23.6 Å². The largest absolute Gasteiger partial charge is 0.465 e. The highest BCUT2D eigenvalue weighted by atomic mass is 32.1. The van der Waals surface area contributed by atoms with Crippen LogP contribution in [-0.4, -0.2) is 35.2 Å². The summed E-state index contributed by atoms with van der Waals surface area (Å²) in [6.07, 6.45) is 4.73. The fraction of sp³-hybridized carbons (Fsp3) is 0.348. The van der Waals surface area contributed by atoms with Crippen LogP contribution in [0.3, 0.4) is 0 Å². The number of thiophene rings is 1. The number of fused-ring (bicyclic) bond motifs is 1. The molecule has 1 aromatic carbocycles. The van der Waals surface area contributed by atoms with Crippen LogP contribution in [0.15, 0.2) is 48.7 Å². The predicted molar refractivity (Wildman–Crippen MR) is 119 cm³/mol. The Kier molecular flexibility index (Phi) is 6.28. The third-order valence-corrected chi connectivity index (χ3v) is 6.90. The zero-order valence-corrected chi connectivity index (χ0v) is 17.5. The molecule has 0 radical (unpaired) electrons. The lowest BCUT2D eigenvalue weighted by Gasteiger charge is -2.28. The summed E-state index contributed by atoms with van der Waals surface area (Å²) in [7, 11) is 0. The number of carboxylic acid groups (broad SMARTS) is 1. The van der Waals surface area contributed by atoms with Crippen molar-refractivity contribution in [1.82, 2.24) is 15.6 Å². The van der Waals surface area contributed by atoms with Crippen LogP contribution in [-0.2, 0) is 0 Å². The minimum Gasteiger partial charge on any atom is -0.465 e. The number of amides is 2. The number of aromatic nitrogens is 1. The second-order valence-corrected chi connectivity index (χ2v) is 8.94. The van der Waals surface area contributed by atoms with Crippen molar-refractivity contribution in [3.8, 4) is 10.6 Å². The standard InChI is InChI=1S/C23H25N3O3S/c27-22(25-13-15-5-7-16(8-6-15)14-26-23(28)29)18-9-10-24-19(11-18)21-12-17-3-1-2-4-20(17)30-21/h1-4,9-12,15-16,26H,5-8,13-14H2,(H,25,27)(H,28,29). The molecule has 30 heavy (non-hydrogen) atoms. The lowest BCUT2D eigenvalue weighted by Crippen LogP contribution is -2.34. The summed E-state index contributed by atoms with van der Waals surface area (Å²) < 4.78 is 1.21. The van der Waals surface area contributed by atoms with E-state index in [1.807, 2.05) is 18.2 Å². The summed E-state index contributed by atoms with van der Waals surface area (Å²) in [5.41, 5.74) is 1.44. The Morgan fingerprint density at radius 3 is 2.40 bits per heavy atom. The minimum atomic E-state index is -0.961.